The number of aromatic nitrogens is 2. The summed E-state index contributed by atoms with van der Waals surface area (Å²) in [6.07, 6.45) is 0. The Morgan fingerprint density at radius 3 is 2.80 bits per heavy atom. The topological polar surface area (TPSA) is 54.9 Å². The zero-order valence-corrected chi connectivity index (χ0v) is 6.53. The van der Waals surface area contributed by atoms with Crippen LogP contribution < -0.4 is 5.32 Å². The second kappa shape index (κ2) is 2.74. The van der Waals surface area contributed by atoms with Crippen LogP contribution in [0.5, 0.6) is 0 Å². The van der Waals surface area contributed by atoms with Crippen molar-refractivity contribution in [2.75, 3.05) is 7.05 Å². The van der Waals surface area contributed by atoms with E-state index in [-0.39, 0.29) is 5.91 Å². The zero-order valence-electron chi connectivity index (χ0n) is 5.71. The summed E-state index contributed by atoms with van der Waals surface area (Å²) < 4.78 is 3.62. The number of rotatable bonds is 1. The number of aryl methyl sites for hydroxylation is 1. The monoisotopic (exact) mass is 157 g/mol. The maximum Gasteiger partial charge on any atom is 0.264 e. The van der Waals surface area contributed by atoms with E-state index < -0.39 is 0 Å². The Morgan fingerprint density at radius 2 is 2.40 bits per heavy atom. The average molecular weight is 157 g/mol. The maximum absolute atomic E-state index is 10.9. The van der Waals surface area contributed by atoms with Gasteiger partial charge in [0.15, 0.2) is 0 Å². The highest BCUT2D eigenvalue weighted by Gasteiger charge is 2.09. The van der Waals surface area contributed by atoms with Crippen LogP contribution in [-0.2, 0) is 0 Å². The van der Waals surface area contributed by atoms with Crippen molar-refractivity contribution in [2.24, 2.45) is 0 Å². The van der Waals surface area contributed by atoms with Gasteiger partial charge in [-0.1, -0.05) is 4.49 Å². The van der Waals surface area contributed by atoms with E-state index in [9.17, 15) is 4.79 Å². The van der Waals surface area contributed by atoms with E-state index in [2.05, 4.69) is 14.9 Å². The van der Waals surface area contributed by atoms with Crippen LogP contribution in [0.2, 0.25) is 0 Å². The van der Waals surface area contributed by atoms with Gasteiger partial charge in [0.1, 0.15) is 4.88 Å². The molecule has 0 saturated heterocycles. The van der Waals surface area contributed by atoms with Gasteiger partial charge >= 0.3 is 0 Å². The number of hydrogen-bond acceptors (Lipinski definition) is 4. The number of nitrogens with one attached hydrogen (secondary N) is 1. The predicted octanol–water partition coefficient (Wildman–Crippen LogP) is 0.206. The third-order valence-electron chi connectivity index (χ3n) is 1.08. The Hall–Kier alpha value is -0.970. The molecule has 1 aromatic heterocycles. The molecule has 0 aliphatic carbocycles. The maximum atomic E-state index is 10.9. The minimum absolute atomic E-state index is 0.118. The fourth-order valence-electron chi connectivity index (χ4n) is 0.553. The van der Waals surface area contributed by atoms with Gasteiger partial charge in [-0.3, -0.25) is 4.79 Å². The van der Waals surface area contributed by atoms with Crippen molar-refractivity contribution >= 4 is 17.4 Å². The van der Waals surface area contributed by atoms with E-state index in [1.54, 1.807) is 14.0 Å². The van der Waals surface area contributed by atoms with Crippen molar-refractivity contribution in [3.8, 4) is 0 Å². The van der Waals surface area contributed by atoms with Gasteiger partial charge in [-0.2, -0.15) is 0 Å². The molecule has 0 aromatic carbocycles. The standard InChI is InChI=1S/C5H7N3OS/c1-3-4(5(9)6-2)10-8-7-3/h1-2H3,(H,6,9). The summed E-state index contributed by atoms with van der Waals surface area (Å²) in [5.41, 5.74) is 0.685. The van der Waals surface area contributed by atoms with E-state index in [1.807, 2.05) is 0 Å². The molecule has 1 rings (SSSR count). The molecule has 5 heteroatoms. The molecular weight excluding hydrogens is 150 g/mol. The van der Waals surface area contributed by atoms with E-state index in [4.69, 9.17) is 0 Å². The quantitative estimate of drug-likeness (QED) is 0.633. The Morgan fingerprint density at radius 1 is 1.70 bits per heavy atom. The van der Waals surface area contributed by atoms with Crippen molar-refractivity contribution in [3.63, 3.8) is 0 Å². The Balaban J connectivity index is 2.93. The van der Waals surface area contributed by atoms with Gasteiger partial charge in [0.05, 0.1) is 5.69 Å². The van der Waals surface area contributed by atoms with Crippen LogP contribution in [0.4, 0.5) is 0 Å². The number of nitrogens with zero attached hydrogens (tertiary/aromatic N) is 2. The van der Waals surface area contributed by atoms with Crippen molar-refractivity contribution in [1.29, 1.82) is 0 Å². The lowest BCUT2D eigenvalue weighted by atomic mass is 10.4. The highest BCUT2D eigenvalue weighted by molar-refractivity contribution is 7.07. The summed E-state index contributed by atoms with van der Waals surface area (Å²) in [5.74, 6) is -0.118. The molecule has 0 atom stereocenters. The van der Waals surface area contributed by atoms with Gasteiger partial charge in [0.25, 0.3) is 5.91 Å². The van der Waals surface area contributed by atoms with Gasteiger partial charge in [0, 0.05) is 7.05 Å². The average Bonchev–Trinajstić information content (AvgIpc) is 2.34. The molecule has 1 N–H and O–H groups in total. The van der Waals surface area contributed by atoms with Crippen molar-refractivity contribution in [2.45, 2.75) is 6.92 Å². The Kier molecular flexibility index (Phi) is 1.96. The lowest BCUT2D eigenvalue weighted by molar-refractivity contribution is 0.0966. The van der Waals surface area contributed by atoms with E-state index >= 15 is 0 Å². The molecule has 0 saturated carbocycles. The van der Waals surface area contributed by atoms with Gasteiger partial charge in [-0.05, 0) is 18.5 Å². The number of carbonyl (C=O) groups is 1. The van der Waals surface area contributed by atoms with E-state index in [0.717, 1.165) is 11.5 Å². The molecule has 0 spiro atoms. The van der Waals surface area contributed by atoms with E-state index in [0.29, 0.717) is 10.6 Å². The lowest BCUT2D eigenvalue weighted by Crippen LogP contribution is -2.17. The normalized spacial score (nSPS) is 9.40. The molecule has 1 aromatic rings. The van der Waals surface area contributed by atoms with Crippen molar-refractivity contribution < 1.29 is 4.79 Å². The van der Waals surface area contributed by atoms with Crippen molar-refractivity contribution in [3.05, 3.63) is 10.6 Å². The first-order valence-corrected chi connectivity index (χ1v) is 3.54. The lowest BCUT2D eigenvalue weighted by Gasteiger charge is -1.91. The fraction of sp³-hybridized carbons (Fsp3) is 0.400. The second-order valence-electron chi connectivity index (χ2n) is 1.77. The van der Waals surface area contributed by atoms with E-state index in [1.165, 1.54) is 0 Å². The highest BCUT2D eigenvalue weighted by atomic mass is 32.1. The molecule has 0 aliphatic heterocycles. The summed E-state index contributed by atoms with van der Waals surface area (Å²) in [7, 11) is 1.58. The van der Waals surface area contributed by atoms with Crippen LogP contribution in [0.15, 0.2) is 0 Å². The zero-order chi connectivity index (χ0) is 7.56. The summed E-state index contributed by atoms with van der Waals surface area (Å²) in [6, 6.07) is 0. The van der Waals surface area contributed by atoms with Gasteiger partial charge in [0.2, 0.25) is 0 Å². The van der Waals surface area contributed by atoms with Crippen LogP contribution in [-0.4, -0.2) is 22.5 Å². The number of hydrogen-bond donors (Lipinski definition) is 1. The highest BCUT2D eigenvalue weighted by Crippen LogP contribution is 2.07. The molecule has 0 radical (unpaired) electrons. The Labute approximate surface area is 62.4 Å². The number of amides is 1. The first-order chi connectivity index (χ1) is 4.75. The SMILES string of the molecule is CNC(=O)c1snnc1C. The molecule has 1 amide bonds. The van der Waals surface area contributed by atoms with Gasteiger partial charge in [-0.15, -0.1) is 5.10 Å². The van der Waals surface area contributed by atoms with Crippen LogP contribution in [0.25, 0.3) is 0 Å². The first kappa shape index (κ1) is 7.14. The largest absolute Gasteiger partial charge is 0.354 e. The predicted molar refractivity (Wildman–Crippen MR) is 38.0 cm³/mol. The fourth-order valence-corrected chi connectivity index (χ4v) is 1.16. The number of carbonyl (C=O) groups excluding carboxylic acids is 1. The summed E-state index contributed by atoms with van der Waals surface area (Å²) >= 11 is 1.11. The molecule has 1 heterocycles. The van der Waals surface area contributed by atoms with Crippen LogP contribution >= 0.6 is 11.5 Å². The third-order valence-corrected chi connectivity index (χ3v) is 1.91. The molecular formula is C5H7N3OS. The van der Waals surface area contributed by atoms with Gasteiger partial charge in [-0.25, -0.2) is 0 Å². The third kappa shape index (κ3) is 1.13. The Bertz CT molecular complexity index is 245. The smallest absolute Gasteiger partial charge is 0.264 e. The molecule has 0 aliphatic rings. The van der Waals surface area contributed by atoms with Crippen LogP contribution in [0, 0.1) is 6.92 Å². The summed E-state index contributed by atoms with van der Waals surface area (Å²) in [4.78, 5) is 11.5. The molecule has 0 bridgehead atoms. The van der Waals surface area contributed by atoms with Gasteiger partial charge < -0.3 is 5.32 Å². The molecule has 0 unspecified atom stereocenters. The minimum Gasteiger partial charge on any atom is -0.354 e. The molecule has 4 nitrogen and oxygen atoms in total. The first-order valence-electron chi connectivity index (χ1n) is 2.76. The minimum atomic E-state index is -0.118. The van der Waals surface area contributed by atoms with Crippen LogP contribution in [0.3, 0.4) is 0 Å². The summed E-state index contributed by atoms with van der Waals surface area (Å²) in [5, 5.41) is 6.19. The summed E-state index contributed by atoms with van der Waals surface area (Å²) in [6.45, 7) is 1.76. The molecule has 0 fully saturated rings. The second-order valence-corrected chi connectivity index (χ2v) is 2.52. The molecule has 54 valence electrons. The van der Waals surface area contributed by atoms with Crippen molar-refractivity contribution in [1.82, 2.24) is 14.9 Å². The molecule has 10 heavy (non-hydrogen) atoms. The van der Waals surface area contributed by atoms with Crippen LogP contribution in [0.1, 0.15) is 15.4 Å².